The highest BCUT2D eigenvalue weighted by atomic mass is 28.2. The quantitative estimate of drug-likeness (QED) is 0.453. The molecule has 0 aliphatic rings. The molecule has 0 rings (SSSR count). The van der Waals surface area contributed by atoms with Crippen molar-refractivity contribution in [1.29, 1.82) is 0 Å². The minimum atomic E-state index is -0.0702. The van der Waals surface area contributed by atoms with Crippen molar-refractivity contribution in [1.82, 2.24) is 0 Å². The van der Waals surface area contributed by atoms with Gasteiger partial charge in [0.25, 0.3) is 5.97 Å². The van der Waals surface area contributed by atoms with Gasteiger partial charge in [-0.15, -0.1) is 0 Å². The summed E-state index contributed by atoms with van der Waals surface area (Å²) in [5.74, 6) is -0.0702. The zero-order valence-corrected chi connectivity index (χ0v) is 11.5. The lowest BCUT2D eigenvalue weighted by atomic mass is 10.2. The van der Waals surface area contributed by atoms with E-state index >= 15 is 0 Å². The Labute approximate surface area is 89.7 Å². The molecule has 0 radical (unpaired) electrons. The molecule has 0 unspecified atom stereocenters. The summed E-state index contributed by atoms with van der Waals surface area (Å²) in [5.41, 5.74) is 0. The fraction of sp³-hybridized carbons (Fsp3) is 0.900. The molecule has 0 fully saturated rings. The number of rotatable bonds is 8. The molecule has 84 valence electrons. The lowest BCUT2D eigenvalue weighted by Gasteiger charge is -2.13. The van der Waals surface area contributed by atoms with E-state index in [9.17, 15) is 4.79 Å². The number of carbonyl (C=O) groups excluding carboxylic acids is 1. The topological polar surface area (TPSA) is 35.5 Å². The van der Waals surface area contributed by atoms with E-state index in [0.29, 0.717) is 23.0 Å². The van der Waals surface area contributed by atoms with Crippen LogP contribution in [-0.4, -0.2) is 29.2 Å². The first-order valence-corrected chi connectivity index (χ1v) is 6.24. The molecular formula is C10H22O3Si. The first kappa shape index (κ1) is 13.6. The van der Waals surface area contributed by atoms with Gasteiger partial charge in [-0.25, -0.2) is 0 Å². The summed E-state index contributed by atoms with van der Waals surface area (Å²) < 4.78 is 10.3. The molecule has 0 aromatic rings. The third-order valence-electron chi connectivity index (χ3n) is 2.27. The Bertz CT molecular complexity index is 146. The second kappa shape index (κ2) is 9.21. The molecule has 0 atom stereocenters. The van der Waals surface area contributed by atoms with Gasteiger partial charge < -0.3 is 9.16 Å². The van der Waals surface area contributed by atoms with E-state index in [1.54, 1.807) is 0 Å². The van der Waals surface area contributed by atoms with Crippen LogP contribution >= 0.6 is 0 Å². The van der Waals surface area contributed by atoms with Crippen LogP contribution in [0.4, 0.5) is 0 Å². The highest BCUT2D eigenvalue weighted by Crippen LogP contribution is 2.05. The van der Waals surface area contributed by atoms with Crippen molar-refractivity contribution in [2.75, 3.05) is 6.61 Å². The lowest BCUT2D eigenvalue weighted by Crippen LogP contribution is -2.11. The molecule has 0 aromatic carbocycles. The Morgan fingerprint density at radius 1 is 1.29 bits per heavy atom. The molecule has 0 N–H and O–H groups in total. The summed E-state index contributed by atoms with van der Waals surface area (Å²) >= 11 is 0. The van der Waals surface area contributed by atoms with Gasteiger partial charge in [0.1, 0.15) is 0 Å². The van der Waals surface area contributed by atoms with Crippen molar-refractivity contribution < 1.29 is 14.0 Å². The van der Waals surface area contributed by atoms with Crippen LogP contribution in [0.5, 0.6) is 0 Å². The van der Waals surface area contributed by atoms with Gasteiger partial charge in [0.2, 0.25) is 10.5 Å². The molecule has 0 aliphatic heterocycles. The second-order valence-corrected chi connectivity index (χ2v) is 3.75. The highest BCUT2D eigenvalue weighted by Gasteiger charge is 2.03. The van der Waals surface area contributed by atoms with Gasteiger partial charge >= 0.3 is 0 Å². The van der Waals surface area contributed by atoms with Crippen LogP contribution in [0.2, 0.25) is 0 Å². The predicted octanol–water partition coefficient (Wildman–Crippen LogP) is 1.19. The zero-order chi connectivity index (χ0) is 10.8. The van der Waals surface area contributed by atoms with Crippen LogP contribution in [0, 0.1) is 0 Å². The predicted molar refractivity (Wildman–Crippen MR) is 60.2 cm³/mol. The first-order valence-electron chi connectivity index (χ1n) is 5.43. The van der Waals surface area contributed by atoms with Crippen LogP contribution < -0.4 is 0 Å². The molecule has 0 amide bonds. The molecule has 14 heavy (non-hydrogen) atoms. The van der Waals surface area contributed by atoms with Crippen LogP contribution in [0.15, 0.2) is 0 Å². The van der Waals surface area contributed by atoms with Crippen LogP contribution in [-0.2, 0) is 14.0 Å². The third kappa shape index (κ3) is 7.09. The normalized spacial score (nSPS) is 10.8. The summed E-state index contributed by atoms with van der Waals surface area (Å²) in [5, 5.41) is 0. The standard InChI is InChI=1S/C10H22O3Si/c1-3-9(4-2)12-8-6-5-7-10(11)13-14/h9H,3-8H2,1-2,14H3. The second-order valence-electron chi connectivity index (χ2n) is 3.34. The Hall–Kier alpha value is -0.353. The van der Waals surface area contributed by atoms with E-state index in [0.717, 1.165) is 32.3 Å². The van der Waals surface area contributed by atoms with Crippen molar-refractivity contribution in [3.05, 3.63) is 0 Å². The summed E-state index contributed by atoms with van der Waals surface area (Å²) in [6.45, 7) is 5.03. The SMILES string of the molecule is CCC(CC)OCCCCC(=O)O[SiH3]. The van der Waals surface area contributed by atoms with E-state index in [2.05, 4.69) is 18.3 Å². The van der Waals surface area contributed by atoms with Gasteiger partial charge in [-0.1, -0.05) is 13.8 Å². The van der Waals surface area contributed by atoms with Gasteiger partial charge in [0.05, 0.1) is 6.10 Å². The van der Waals surface area contributed by atoms with Crippen molar-refractivity contribution in [2.24, 2.45) is 0 Å². The molecular weight excluding hydrogens is 196 g/mol. The number of carbonyl (C=O) groups is 1. The zero-order valence-electron chi connectivity index (χ0n) is 9.54. The molecule has 0 heterocycles. The van der Waals surface area contributed by atoms with Gasteiger partial charge in [-0.3, -0.25) is 4.79 Å². The molecule has 0 bridgehead atoms. The van der Waals surface area contributed by atoms with Crippen molar-refractivity contribution >= 4 is 16.5 Å². The van der Waals surface area contributed by atoms with Crippen LogP contribution in [0.3, 0.4) is 0 Å². The van der Waals surface area contributed by atoms with E-state index in [-0.39, 0.29) is 5.97 Å². The molecule has 0 aromatic heterocycles. The molecule has 0 saturated carbocycles. The van der Waals surface area contributed by atoms with E-state index in [1.807, 2.05) is 0 Å². The molecule has 3 nitrogen and oxygen atoms in total. The number of unbranched alkanes of at least 4 members (excludes halogenated alkanes) is 1. The van der Waals surface area contributed by atoms with E-state index in [1.165, 1.54) is 0 Å². The third-order valence-corrected chi connectivity index (χ3v) is 2.72. The van der Waals surface area contributed by atoms with Gasteiger partial charge in [-0.2, -0.15) is 0 Å². The minimum absolute atomic E-state index is 0.0702. The number of hydrogen-bond acceptors (Lipinski definition) is 3. The largest absolute Gasteiger partial charge is 0.529 e. The van der Waals surface area contributed by atoms with E-state index in [4.69, 9.17) is 4.74 Å². The lowest BCUT2D eigenvalue weighted by molar-refractivity contribution is -0.134. The Balaban J connectivity index is 3.24. The van der Waals surface area contributed by atoms with Gasteiger partial charge in [-0.05, 0) is 25.7 Å². The Morgan fingerprint density at radius 2 is 1.93 bits per heavy atom. The average molecular weight is 218 g/mol. The molecule has 0 spiro atoms. The van der Waals surface area contributed by atoms with Crippen molar-refractivity contribution in [3.63, 3.8) is 0 Å². The monoisotopic (exact) mass is 218 g/mol. The number of ether oxygens (including phenoxy) is 1. The number of hydrogen-bond donors (Lipinski definition) is 0. The Morgan fingerprint density at radius 3 is 2.43 bits per heavy atom. The van der Waals surface area contributed by atoms with Crippen molar-refractivity contribution in [2.45, 2.75) is 52.1 Å². The van der Waals surface area contributed by atoms with Crippen LogP contribution in [0.25, 0.3) is 0 Å². The van der Waals surface area contributed by atoms with Gasteiger partial charge in [0, 0.05) is 13.0 Å². The van der Waals surface area contributed by atoms with Gasteiger partial charge in [0.15, 0.2) is 0 Å². The summed E-state index contributed by atoms with van der Waals surface area (Å²) in [7, 11) is 0.509. The summed E-state index contributed by atoms with van der Waals surface area (Å²) in [6, 6.07) is 0. The van der Waals surface area contributed by atoms with E-state index < -0.39 is 0 Å². The maximum Gasteiger partial charge on any atom is 0.291 e. The average Bonchev–Trinajstić information content (AvgIpc) is 2.23. The smallest absolute Gasteiger partial charge is 0.291 e. The summed E-state index contributed by atoms with van der Waals surface area (Å²) in [6.07, 6.45) is 4.89. The summed E-state index contributed by atoms with van der Waals surface area (Å²) in [4.78, 5) is 10.8. The minimum Gasteiger partial charge on any atom is -0.529 e. The first-order chi connectivity index (χ1) is 6.74. The van der Waals surface area contributed by atoms with Crippen LogP contribution in [0.1, 0.15) is 46.0 Å². The maximum atomic E-state index is 10.8. The fourth-order valence-electron chi connectivity index (χ4n) is 1.25. The molecule has 4 heteroatoms. The fourth-order valence-corrected chi connectivity index (χ4v) is 1.45. The Kier molecular flexibility index (Phi) is 8.98. The molecule has 0 saturated heterocycles. The highest BCUT2D eigenvalue weighted by molar-refractivity contribution is 6.05. The van der Waals surface area contributed by atoms with Crippen molar-refractivity contribution in [3.8, 4) is 0 Å². The maximum absolute atomic E-state index is 10.8. The molecule has 0 aliphatic carbocycles.